The molecule has 1 atom stereocenters. The van der Waals surface area contributed by atoms with Crippen LogP contribution in [0.4, 0.5) is 0 Å². The van der Waals surface area contributed by atoms with E-state index in [1.807, 2.05) is 6.33 Å². The van der Waals surface area contributed by atoms with Crippen molar-refractivity contribution in [3.63, 3.8) is 0 Å². The third-order valence-corrected chi connectivity index (χ3v) is 3.67. The van der Waals surface area contributed by atoms with Crippen molar-refractivity contribution < 1.29 is 5.11 Å². The number of fused-ring (bicyclic) bond motifs is 1. The summed E-state index contributed by atoms with van der Waals surface area (Å²) in [5.74, 6) is 0. The van der Waals surface area contributed by atoms with Crippen LogP contribution in [0.25, 0.3) is 0 Å². The molecule has 15 heavy (non-hydrogen) atoms. The average molecular weight is 207 g/mol. The fourth-order valence-electron chi connectivity index (χ4n) is 2.63. The van der Waals surface area contributed by atoms with E-state index < -0.39 is 0 Å². The predicted molar refractivity (Wildman–Crippen MR) is 56.5 cm³/mol. The largest absolute Gasteiger partial charge is 0.393 e. The van der Waals surface area contributed by atoms with E-state index >= 15 is 0 Å². The molecule has 1 fully saturated rings. The molecule has 2 aliphatic carbocycles. The van der Waals surface area contributed by atoms with Crippen molar-refractivity contribution in [1.82, 2.24) is 9.55 Å². The first-order valence-corrected chi connectivity index (χ1v) is 5.72. The first-order valence-electron chi connectivity index (χ1n) is 5.72. The number of nitrogens with zero attached hydrogens (tertiary/aromatic N) is 2. The minimum absolute atomic E-state index is 0.106. The highest BCUT2D eigenvalue weighted by Crippen LogP contribution is 2.35. The Labute approximate surface area is 89.1 Å². The Morgan fingerprint density at radius 3 is 3.00 bits per heavy atom. The summed E-state index contributed by atoms with van der Waals surface area (Å²) in [5, 5.41) is 9.31. The van der Waals surface area contributed by atoms with E-state index in [1.54, 1.807) is 0 Å². The van der Waals surface area contributed by atoms with Crippen LogP contribution in [-0.4, -0.2) is 26.8 Å². The minimum Gasteiger partial charge on any atom is -0.393 e. The van der Waals surface area contributed by atoms with Gasteiger partial charge in [-0.2, -0.15) is 0 Å². The summed E-state index contributed by atoms with van der Waals surface area (Å²) in [4.78, 5) is 4.44. The van der Waals surface area contributed by atoms with Crippen LogP contribution in [0.3, 0.4) is 0 Å². The number of aliphatic hydroxyl groups is 1. The number of nitrogens with two attached hydrogens (primary N) is 1. The molecular weight excluding hydrogens is 190 g/mol. The molecule has 1 heterocycles. The van der Waals surface area contributed by atoms with Crippen LogP contribution in [0.15, 0.2) is 6.33 Å². The van der Waals surface area contributed by atoms with Gasteiger partial charge in [0.25, 0.3) is 0 Å². The van der Waals surface area contributed by atoms with Gasteiger partial charge in [0.2, 0.25) is 0 Å². The van der Waals surface area contributed by atoms with Crippen LogP contribution in [0.2, 0.25) is 0 Å². The summed E-state index contributed by atoms with van der Waals surface area (Å²) in [6.07, 6.45) is 6.58. The van der Waals surface area contributed by atoms with Crippen molar-refractivity contribution in [2.24, 2.45) is 5.73 Å². The molecule has 0 bridgehead atoms. The summed E-state index contributed by atoms with van der Waals surface area (Å²) < 4.78 is 2.24. The molecule has 0 saturated heterocycles. The maximum absolute atomic E-state index is 9.31. The van der Waals surface area contributed by atoms with Gasteiger partial charge in [0.15, 0.2) is 0 Å². The van der Waals surface area contributed by atoms with Gasteiger partial charge < -0.3 is 15.4 Å². The number of aromatic nitrogens is 2. The zero-order chi connectivity index (χ0) is 10.4. The van der Waals surface area contributed by atoms with Gasteiger partial charge in [0, 0.05) is 24.2 Å². The zero-order valence-electron chi connectivity index (χ0n) is 8.76. The second-order valence-corrected chi connectivity index (χ2v) is 4.83. The molecule has 1 saturated carbocycles. The molecule has 82 valence electrons. The molecule has 1 aromatic rings. The van der Waals surface area contributed by atoms with Crippen molar-refractivity contribution in [3.05, 3.63) is 17.7 Å². The number of rotatable bonds is 1. The lowest BCUT2D eigenvalue weighted by molar-refractivity contribution is 0.0472. The highest BCUT2D eigenvalue weighted by molar-refractivity contribution is 5.20. The Bertz CT molecular complexity index is 368. The Morgan fingerprint density at radius 1 is 1.47 bits per heavy atom. The summed E-state index contributed by atoms with van der Waals surface area (Å²) >= 11 is 0. The second kappa shape index (κ2) is 3.32. The van der Waals surface area contributed by atoms with Crippen LogP contribution >= 0.6 is 0 Å². The number of hydrogen-bond donors (Lipinski definition) is 2. The molecule has 3 rings (SSSR count). The van der Waals surface area contributed by atoms with Gasteiger partial charge in [-0.05, 0) is 25.7 Å². The molecule has 0 amide bonds. The number of aryl methyl sites for hydroxylation is 1. The Hall–Kier alpha value is -0.870. The van der Waals surface area contributed by atoms with Crippen LogP contribution in [-0.2, 0) is 12.8 Å². The molecule has 4 heteroatoms. The van der Waals surface area contributed by atoms with E-state index in [0.29, 0.717) is 6.04 Å². The van der Waals surface area contributed by atoms with Gasteiger partial charge in [0.1, 0.15) is 0 Å². The lowest BCUT2D eigenvalue weighted by Gasteiger charge is -2.34. The molecule has 2 aliphatic rings. The van der Waals surface area contributed by atoms with E-state index in [1.165, 1.54) is 11.4 Å². The summed E-state index contributed by atoms with van der Waals surface area (Å²) in [6, 6.07) is 0.750. The minimum atomic E-state index is -0.106. The smallest absolute Gasteiger partial charge is 0.0954 e. The van der Waals surface area contributed by atoms with Gasteiger partial charge in [-0.25, -0.2) is 4.98 Å². The van der Waals surface area contributed by atoms with Gasteiger partial charge in [-0.1, -0.05) is 0 Å². The first-order chi connectivity index (χ1) is 7.24. The normalized spacial score (nSPS) is 34.7. The predicted octanol–water partition coefficient (Wildman–Crippen LogP) is 0.395. The summed E-state index contributed by atoms with van der Waals surface area (Å²) in [5.41, 5.74) is 8.51. The molecule has 0 radical (unpaired) electrons. The lowest BCUT2D eigenvalue weighted by Crippen LogP contribution is -2.34. The summed E-state index contributed by atoms with van der Waals surface area (Å²) in [7, 11) is 0. The maximum atomic E-state index is 9.31. The number of aliphatic hydroxyl groups excluding tert-OH is 1. The average Bonchev–Trinajstić information content (AvgIpc) is 2.56. The summed E-state index contributed by atoms with van der Waals surface area (Å²) in [6.45, 7) is 0. The van der Waals surface area contributed by atoms with Crippen LogP contribution in [0, 0.1) is 0 Å². The fraction of sp³-hybridized carbons (Fsp3) is 0.727. The van der Waals surface area contributed by atoms with E-state index in [4.69, 9.17) is 5.73 Å². The number of imidazole rings is 1. The Balaban J connectivity index is 1.87. The van der Waals surface area contributed by atoms with E-state index in [0.717, 1.165) is 32.1 Å². The molecule has 3 N–H and O–H groups in total. The van der Waals surface area contributed by atoms with Crippen LogP contribution in [0.5, 0.6) is 0 Å². The lowest BCUT2D eigenvalue weighted by atomic mass is 9.88. The highest BCUT2D eigenvalue weighted by Gasteiger charge is 2.32. The Morgan fingerprint density at radius 2 is 2.27 bits per heavy atom. The maximum Gasteiger partial charge on any atom is 0.0954 e. The molecule has 1 aromatic heterocycles. The topological polar surface area (TPSA) is 64.1 Å². The van der Waals surface area contributed by atoms with Gasteiger partial charge in [-0.3, -0.25) is 0 Å². The van der Waals surface area contributed by atoms with Crippen LogP contribution in [0.1, 0.15) is 36.7 Å². The van der Waals surface area contributed by atoms with Crippen molar-refractivity contribution in [1.29, 1.82) is 0 Å². The third kappa shape index (κ3) is 1.48. The standard InChI is InChI=1S/C11H17N3O/c12-7-1-2-10-11(3-7)14(6-13-10)8-4-9(15)5-8/h6-9,15H,1-5,12H2. The molecular formula is C11H17N3O. The quantitative estimate of drug-likeness (QED) is 0.700. The molecule has 0 aliphatic heterocycles. The van der Waals surface area contributed by atoms with Gasteiger partial charge in [-0.15, -0.1) is 0 Å². The molecule has 4 nitrogen and oxygen atoms in total. The fourth-order valence-corrected chi connectivity index (χ4v) is 2.63. The van der Waals surface area contributed by atoms with Gasteiger partial charge in [0.05, 0.1) is 18.1 Å². The van der Waals surface area contributed by atoms with Crippen molar-refractivity contribution in [2.45, 2.75) is 50.3 Å². The number of hydrogen-bond acceptors (Lipinski definition) is 3. The second-order valence-electron chi connectivity index (χ2n) is 4.83. The molecule has 1 unspecified atom stereocenters. The van der Waals surface area contributed by atoms with E-state index in [9.17, 15) is 5.11 Å². The first kappa shape index (κ1) is 9.36. The van der Waals surface area contributed by atoms with E-state index in [-0.39, 0.29) is 12.1 Å². The van der Waals surface area contributed by atoms with Gasteiger partial charge >= 0.3 is 0 Å². The molecule has 0 aromatic carbocycles. The third-order valence-electron chi connectivity index (χ3n) is 3.67. The van der Waals surface area contributed by atoms with Crippen molar-refractivity contribution >= 4 is 0 Å². The molecule has 0 spiro atoms. The Kier molecular flexibility index (Phi) is 2.07. The zero-order valence-corrected chi connectivity index (χ0v) is 8.76. The van der Waals surface area contributed by atoms with Crippen molar-refractivity contribution in [2.75, 3.05) is 0 Å². The monoisotopic (exact) mass is 207 g/mol. The van der Waals surface area contributed by atoms with Crippen LogP contribution < -0.4 is 5.73 Å². The van der Waals surface area contributed by atoms with E-state index in [2.05, 4.69) is 9.55 Å². The highest BCUT2D eigenvalue weighted by atomic mass is 16.3. The van der Waals surface area contributed by atoms with Crippen molar-refractivity contribution in [3.8, 4) is 0 Å². The SMILES string of the molecule is NC1CCc2ncn(C3CC(O)C3)c2C1.